The summed E-state index contributed by atoms with van der Waals surface area (Å²) in [5.41, 5.74) is 0.954. The van der Waals surface area contributed by atoms with Crippen LogP contribution in [0, 0.1) is 17.8 Å². The minimum absolute atomic E-state index is 0.0792. The zero-order chi connectivity index (χ0) is 24.8. The predicted molar refractivity (Wildman–Crippen MR) is 126 cm³/mol. The van der Waals surface area contributed by atoms with Crippen molar-refractivity contribution in [2.45, 2.75) is 62.5 Å². The van der Waals surface area contributed by atoms with E-state index < -0.39 is 36.2 Å². The van der Waals surface area contributed by atoms with Gasteiger partial charge in [0.2, 0.25) is 0 Å². The van der Waals surface area contributed by atoms with Crippen molar-refractivity contribution in [3.63, 3.8) is 0 Å². The van der Waals surface area contributed by atoms with E-state index in [-0.39, 0.29) is 36.8 Å². The Morgan fingerprint density at radius 2 is 1.83 bits per heavy atom. The first-order valence-electron chi connectivity index (χ1n) is 12.7. The molecule has 3 aromatic heterocycles. The first kappa shape index (κ1) is 22.1. The van der Waals surface area contributed by atoms with E-state index in [1.165, 1.54) is 4.90 Å². The number of hydrogen-bond acceptors (Lipinski definition) is 5. The fraction of sp³-hybridized carbons (Fsp3) is 0.600. The molecule has 4 heterocycles. The quantitative estimate of drug-likeness (QED) is 0.469. The Hall–Kier alpha value is -3.08. The molecule has 8 rings (SSSR count). The van der Waals surface area contributed by atoms with E-state index in [1.54, 1.807) is 6.20 Å². The summed E-state index contributed by atoms with van der Waals surface area (Å²) in [6, 6.07) is 2.01. The number of halogens is 2. The number of likely N-dealkylation sites (tertiary alicyclic amines) is 1. The van der Waals surface area contributed by atoms with Gasteiger partial charge in [0.25, 0.3) is 5.92 Å². The van der Waals surface area contributed by atoms with Gasteiger partial charge in [-0.1, -0.05) is 0 Å². The molecular weight excluding hydrogens is 470 g/mol. The van der Waals surface area contributed by atoms with Gasteiger partial charge in [0, 0.05) is 43.7 Å². The lowest BCUT2D eigenvalue weighted by molar-refractivity contribution is -0.148. The lowest BCUT2D eigenvalue weighted by atomic mass is 9.52. The number of aliphatic hydroxyl groups is 1. The molecule has 3 aromatic rings. The van der Waals surface area contributed by atoms with E-state index in [4.69, 9.17) is 5.10 Å². The Bertz CT molecular complexity index is 1370. The van der Waals surface area contributed by atoms with Crippen LogP contribution in [-0.4, -0.2) is 66.2 Å². The molecule has 4 saturated carbocycles. The number of aromatic nitrogens is 4. The smallest absolute Gasteiger partial charge is 0.315 e. The predicted octanol–water partition coefficient (Wildman–Crippen LogP) is 3.22. The number of H-pyrrole nitrogens is 1. The highest BCUT2D eigenvalue weighted by Crippen LogP contribution is 2.60. The van der Waals surface area contributed by atoms with Gasteiger partial charge in [-0.25, -0.2) is 13.8 Å². The molecule has 4 aliphatic carbocycles. The van der Waals surface area contributed by atoms with Crippen molar-refractivity contribution in [1.29, 1.82) is 0 Å². The second-order valence-corrected chi connectivity index (χ2v) is 11.3. The molecule has 4 bridgehead atoms. The molecule has 190 valence electrons. The van der Waals surface area contributed by atoms with Crippen molar-refractivity contribution in [3.05, 3.63) is 18.5 Å². The van der Waals surface area contributed by atoms with Crippen LogP contribution in [0.15, 0.2) is 18.5 Å². The normalized spacial score (nSPS) is 32.9. The van der Waals surface area contributed by atoms with E-state index >= 15 is 0 Å². The molecule has 0 spiro atoms. The van der Waals surface area contributed by atoms with Crippen molar-refractivity contribution in [1.82, 2.24) is 24.6 Å². The van der Waals surface area contributed by atoms with Crippen molar-refractivity contribution in [2.24, 2.45) is 17.8 Å². The fourth-order valence-electron chi connectivity index (χ4n) is 7.63. The maximum Gasteiger partial charge on any atom is 0.315 e. The molecule has 1 aliphatic heterocycles. The van der Waals surface area contributed by atoms with Gasteiger partial charge in [-0.05, 0) is 55.9 Å². The van der Waals surface area contributed by atoms with Gasteiger partial charge in [-0.2, -0.15) is 5.10 Å². The van der Waals surface area contributed by atoms with Crippen LogP contribution >= 0.6 is 0 Å². The summed E-state index contributed by atoms with van der Waals surface area (Å²) in [6.45, 7) is -0.315. The Morgan fingerprint density at radius 1 is 1.11 bits per heavy atom. The van der Waals surface area contributed by atoms with Crippen LogP contribution in [0.25, 0.3) is 21.9 Å². The summed E-state index contributed by atoms with van der Waals surface area (Å²) < 4.78 is 29.0. The first-order valence-corrected chi connectivity index (χ1v) is 12.7. The maximum atomic E-state index is 13.5. The highest BCUT2D eigenvalue weighted by Gasteiger charge is 2.56. The summed E-state index contributed by atoms with van der Waals surface area (Å²) in [5, 5.41) is 20.1. The Labute approximate surface area is 205 Å². The van der Waals surface area contributed by atoms with Crippen LogP contribution in [0.5, 0.6) is 0 Å². The molecule has 5 fully saturated rings. The van der Waals surface area contributed by atoms with Crippen LogP contribution in [-0.2, 0) is 9.59 Å². The Kier molecular flexibility index (Phi) is 4.59. The van der Waals surface area contributed by atoms with Crippen LogP contribution in [0.2, 0.25) is 0 Å². The minimum atomic E-state index is -2.80. The second-order valence-electron chi connectivity index (χ2n) is 11.3. The third-order valence-corrected chi connectivity index (χ3v) is 8.93. The van der Waals surface area contributed by atoms with Gasteiger partial charge >= 0.3 is 11.8 Å². The molecule has 11 heteroatoms. The van der Waals surface area contributed by atoms with Crippen molar-refractivity contribution < 1.29 is 23.5 Å². The summed E-state index contributed by atoms with van der Waals surface area (Å²) in [4.78, 5) is 34.4. The van der Waals surface area contributed by atoms with E-state index in [9.17, 15) is 23.5 Å². The van der Waals surface area contributed by atoms with Gasteiger partial charge in [0.15, 0.2) is 5.82 Å². The van der Waals surface area contributed by atoms with Gasteiger partial charge in [-0.3, -0.25) is 14.3 Å². The van der Waals surface area contributed by atoms with Crippen molar-refractivity contribution >= 4 is 39.6 Å². The number of carbonyl (C=O) groups is 2. The molecule has 0 aromatic carbocycles. The zero-order valence-electron chi connectivity index (χ0n) is 19.7. The Morgan fingerprint density at radius 3 is 2.53 bits per heavy atom. The number of nitrogens with one attached hydrogen (secondary N) is 2. The molecule has 0 radical (unpaired) electrons. The molecule has 5 aliphatic rings. The second kappa shape index (κ2) is 7.47. The minimum Gasteiger partial charge on any atom is -0.390 e. The number of rotatable bonds is 2. The number of anilines is 1. The molecule has 1 unspecified atom stereocenters. The molecule has 5 atom stereocenters. The summed E-state index contributed by atoms with van der Waals surface area (Å²) in [5.74, 6) is -3.18. The van der Waals surface area contributed by atoms with E-state index in [0.29, 0.717) is 17.0 Å². The zero-order valence-corrected chi connectivity index (χ0v) is 19.7. The number of nitrogens with zero attached hydrogens (tertiary/aromatic N) is 4. The van der Waals surface area contributed by atoms with Gasteiger partial charge in [0.05, 0.1) is 22.5 Å². The van der Waals surface area contributed by atoms with E-state index in [0.717, 1.165) is 43.0 Å². The van der Waals surface area contributed by atoms with Gasteiger partial charge in [-0.15, -0.1) is 0 Å². The van der Waals surface area contributed by atoms with Crippen LogP contribution in [0.4, 0.5) is 14.6 Å². The maximum absolute atomic E-state index is 13.5. The summed E-state index contributed by atoms with van der Waals surface area (Å²) >= 11 is 0. The average molecular weight is 499 g/mol. The topological polar surface area (TPSA) is 116 Å². The highest BCUT2D eigenvalue weighted by molar-refractivity contribution is 6.40. The molecule has 9 nitrogen and oxygen atoms in total. The number of aromatic amines is 1. The molecular formula is C25H28F2N6O3. The SMILES string of the molecule is O=C(Nc1nn([C@H]2[C@@H]3CC4C[C@H]2C[C@@](O)(C4)C3)c2c1cnc1[nH]ccc12)C(=O)N1CCC(F)(F)CC1. The largest absolute Gasteiger partial charge is 0.390 e. The molecule has 1 saturated heterocycles. The molecule has 36 heavy (non-hydrogen) atoms. The number of carbonyl (C=O) groups excluding carboxylic acids is 2. The van der Waals surface area contributed by atoms with Crippen LogP contribution < -0.4 is 5.32 Å². The molecule has 2 amide bonds. The number of pyridine rings is 1. The number of piperidine rings is 1. The first-order chi connectivity index (χ1) is 17.2. The third-order valence-electron chi connectivity index (χ3n) is 8.93. The number of hydrogen-bond donors (Lipinski definition) is 3. The van der Waals surface area contributed by atoms with Gasteiger partial charge in [0.1, 0.15) is 5.65 Å². The monoisotopic (exact) mass is 498 g/mol. The average Bonchev–Trinajstić information content (AvgIpc) is 3.42. The third kappa shape index (κ3) is 3.35. The number of alkyl halides is 2. The lowest BCUT2D eigenvalue weighted by Crippen LogP contribution is -2.55. The standard InChI is InChI=1S/C25H28F2N6O3/c26-25(27)2-5-32(6-3-25)23(35)22(34)30-21-17-12-29-20-16(1-4-28-20)19(17)33(31-21)18-14-7-13-8-15(18)11-24(36,9-13)10-14/h1,4,12-15,18,36H,2-3,5-11H2,(H,28,29)(H,30,31,34)/t13?,14-,15+,18+,24-. The van der Waals surface area contributed by atoms with Crippen LogP contribution in [0.3, 0.4) is 0 Å². The Balaban J connectivity index is 1.25. The van der Waals surface area contributed by atoms with Gasteiger partial charge < -0.3 is 20.3 Å². The lowest BCUT2D eigenvalue weighted by Gasteiger charge is -2.57. The van der Waals surface area contributed by atoms with Crippen LogP contribution in [0.1, 0.15) is 51.0 Å². The van der Waals surface area contributed by atoms with E-state index in [1.807, 2.05) is 16.9 Å². The number of amides is 2. The highest BCUT2D eigenvalue weighted by atomic mass is 19.3. The number of fused-ring (bicyclic) bond motifs is 3. The molecule has 3 N–H and O–H groups in total. The summed E-state index contributed by atoms with van der Waals surface area (Å²) in [7, 11) is 0. The summed E-state index contributed by atoms with van der Waals surface area (Å²) in [6.07, 6.45) is 7.01. The van der Waals surface area contributed by atoms with Crippen molar-refractivity contribution in [2.75, 3.05) is 18.4 Å². The fourth-order valence-corrected chi connectivity index (χ4v) is 7.63. The van der Waals surface area contributed by atoms with E-state index in [2.05, 4.69) is 15.3 Å². The van der Waals surface area contributed by atoms with Crippen molar-refractivity contribution in [3.8, 4) is 0 Å².